The van der Waals surface area contributed by atoms with Gasteiger partial charge in [-0.1, -0.05) is 6.07 Å². The Kier molecular flexibility index (Phi) is 4.91. The number of hydrogen-bond donors (Lipinski definition) is 3. The largest absolute Gasteiger partial charge is 0.415 e. The molecule has 1 unspecified atom stereocenters. The van der Waals surface area contributed by atoms with Crippen LogP contribution in [0.4, 0.5) is 18.9 Å². The van der Waals surface area contributed by atoms with E-state index >= 15 is 0 Å². The number of aryl methyl sites for hydroxylation is 2. The molecule has 0 amide bonds. The summed E-state index contributed by atoms with van der Waals surface area (Å²) in [6, 6.07) is 1.54. The second kappa shape index (κ2) is 5.82. The molecular weight excluding hydrogens is 309 g/mol. The van der Waals surface area contributed by atoms with Crippen LogP contribution in [0.25, 0.3) is 0 Å². The van der Waals surface area contributed by atoms with Gasteiger partial charge in [-0.05, 0) is 37.5 Å². The highest BCUT2D eigenvalue weighted by molar-refractivity contribution is 7.89. The van der Waals surface area contributed by atoms with E-state index in [2.05, 4.69) is 0 Å². The number of anilines is 1. The van der Waals surface area contributed by atoms with Crippen molar-refractivity contribution in [2.45, 2.75) is 37.9 Å². The highest BCUT2D eigenvalue weighted by Gasteiger charge is 2.39. The molecule has 0 saturated heterocycles. The first-order valence-electron chi connectivity index (χ1n) is 5.98. The van der Waals surface area contributed by atoms with Crippen LogP contribution >= 0.6 is 0 Å². The first-order valence-corrected chi connectivity index (χ1v) is 7.47. The van der Waals surface area contributed by atoms with Crippen LogP contribution in [0.15, 0.2) is 11.0 Å². The van der Waals surface area contributed by atoms with E-state index in [9.17, 15) is 21.6 Å². The first kappa shape index (κ1) is 17.7. The maximum Gasteiger partial charge on any atom is 0.415 e. The molecule has 1 aromatic carbocycles. The molecule has 0 aliphatic carbocycles. The van der Waals surface area contributed by atoms with Crippen LogP contribution in [-0.4, -0.2) is 32.3 Å². The van der Waals surface area contributed by atoms with Crippen LogP contribution < -0.4 is 10.5 Å². The molecule has 5 nitrogen and oxygen atoms in total. The number of nitrogens with one attached hydrogen (secondary N) is 1. The molecule has 0 aromatic heterocycles. The predicted octanol–water partition coefficient (Wildman–Crippen LogP) is 1.40. The number of aliphatic hydroxyl groups excluding tert-OH is 1. The quantitative estimate of drug-likeness (QED) is 0.729. The minimum Gasteiger partial charge on any atom is -0.398 e. The molecule has 21 heavy (non-hydrogen) atoms. The molecule has 1 aromatic rings. The summed E-state index contributed by atoms with van der Waals surface area (Å²) in [5, 5.41) is 8.86. The van der Waals surface area contributed by atoms with Crippen LogP contribution in [-0.2, 0) is 10.0 Å². The number of nitrogen functional groups attached to an aromatic ring is 1. The number of sulfonamides is 1. The Morgan fingerprint density at radius 3 is 2.29 bits per heavy atom. The van der Waals surface area contributed by atoms with Crippen LogP contribution in [0.5, 0.6) is 0 Å². The lowest BCUT2D eigenvalue weighted by molar-refractivity contribution is -0.200. The van der Waals surface area contributed by atoms with Crippen molar-refractivity contribution in [2.24, 2.45) is 0 Å². The Balaban J connectivity index is 3.13. The third-order valence-corrected chi connectivity index (χ3v) is 4.79. The second-order valence-electron chi connectivity index (χ2n) is 4.79. The van der Waals surface area contributed by atoms with Gasteiger partial charge in [-0.25, -0.2) is 13.1 Å². The van der Waals surface area contributed by atoms with E-state index in [1.54, 1.807) is 11.6 Å². The Morgan fingerprint density at radius 1 is 1.29 bits per heavy atom. The lowest BCUT2D eigenvalue weighted by atomic mass is 10.1. The van der Waals surface area contributed by atoms with Crippen LogP contribution in [0.3, 0.4) is 0 Å². The number of benzene rings is 1. The molecule has 0 saturated carbocycles. The highest BCUT2D eigenvalue weighted by atomic mass is 32.2. The van der Waals surface area contributed by atoms with Crippen molar-refractivity contribution < 1.29 is 26.7 Å². The van der Waals surface area contributed by atoms with E-state index in [1.807, 2.05) is 0 Å². The molecule has 1 rings (SSSR count). The van der Waals surface area contributed by atoms with Gasteiger partial charge in [-0.3, -0.25) is 0 Å². The zero-order valence-electron chi connectivity index (χ0n) is 11.7. The molecule has 1 atom stereocenters. The van der Waals surface area contributed by atoms with Crippen molar-refractivity contribution in [2.75, 3.05) is 12.3 Å². The summed E-state index contributed by atoms with van der Waals surface area (Å²) in [5.41, 5.74) is 7.33. The van der Waals surface area contributed by atoms with Gasteiger partial charge in [0.25, 0.3) is 0 Å². The Morgan fingerprint density at radius 2 is 1.81 bits per heavy atom. The maximum absolute atomic E-state index is 12.2. The number of alkyl halides is 3. The molecule has 0 spiro atoms. The van der Waals surface area contributed by atoms with Crippen LogP contribution in [0, 0.1) is 20.8 Å². The lowest BCUT2D eigenvalue weighted by Gasteiger charge is -2.18. The number of nitrogens with two attached hydrogens (primary N) is 1. The Bertz CT molecular complexity index is 642. The standard InChI is InChI=1S/C12H17F3N2O3S/c1-6-4-7(2)11(8(3)10(6)16)21(19,20)17-5-9(18)12(13,14)15/h4,9,17-18H,5,16H2,1-3H3. The third kappa shape index (κ3) is 3.86. The molecule has 0 aliphatic rings. The highest BCUT2D eigenvalue weighted by Crippen LogP contribution is 2.28. The van der Waals surface area contributed by atoms with Crippen molar-refractivity contribution in [3.8, 4) is 0 Å². The lowest BCUT2D eigenvalue weighted by Crippen LogP contribution is -2.41. The molecule has 0 fully saturated rings. The Hall–Kier alpha value is -1.32. The van der Waals surface area contributed by atoms with Gasteiger partial charge in [0, 0.05) is 12.2 Å². The van der Waals surface area contributed by atoms with Crippen LogP contribution in [0.1, 0.15) is 16.7 Å². The maximum atomic E-state index is 12.2. The fourth-order valence-corrected chi connectivity index (χ4v) is 3.49. The summed E-state index contributed by atoms with van der Waals surface area (Å²) in [4.78, 5) is -0.167. The van der Waals surface area contributed by atoms with Gasteiger partial charge in [0.2, 0.25) is 10.0 Å². The normalized spacial score (nSPS) is 14.2. The van der Waals surface area contributed by atoms with Gasteiger partial charge >= 0.3 is 6.18 Å². The topological polar surface area (TPSA) is 92.4 Å². The van der Waals surface area contributed by atoms with Gasteiger partial charge in [0.15, 0.2) is 6.10 Å². The molecular formula is C12H17F3N2O3S. The molecule has 0 bridgehead atoms. The first-order chi connectivity index (χ1) is 9.38. The van der Waals surface area contributed by atoms with E-state index in [1.165, 1.54) is 19.9 Å². The number of hydrogen-bond acceptors (Lipinski definition) is 4. The van der Waals surface area contributed by atoms with Crippen molar-refractivity contribution in [3.63, 3.8) is 0 Å². The fraction of sp³-hybridized carbons (Fsp3) is 0.500. The third-order valence-electron chi connectivity index (χ3n) is 3.07. The second-order valence-corrected chi connectivity index (χ2v) is 6.49. The summed E-state index contributed by atoms with van der Waals surface area (Å²) in [7, 11) is -4.21. The predicted molar refractivity (Wildman–Crippen MR) is 72.3 cm³/mol. The van der Waals surface area contributed by atoms with E-state index in [0.717, 1.165) is 0 Å². The Labute approximate surface area is 121 Å². The summed E-state index contributed by atoms with van der Waals surface area (Å²) >= 11 is 0. The fourth-order valence-electron chi connectivity index (χ4n) is 1.97. The summed E-state index contributed by atoms with van der Waals surface area (Å²) in [6.45, 7) is 3.54. The van der Waals surface area contributed by atoms with Crippen molar-refractivity contribution in [3.05, 3.63) is 22.8 Å². The van der Waals surface area contributed by atoms with Gasteiger partial charge < -0.3 is 10.8 Å². The smallest absolute Gasteiger partial charge is 0.398 e. The van der Waals surface area contributed by atoms with Crippen molar-refractivity contribution in [1.29, 1.82) is 0 Å². The van der Waals surface area contributed by atoms with Gasteiger partial charge in [0.1, 0.15) is 0 Å². The average molecular weight is 326 g/mol. The summed E-state index contributed by atoms with van der Waals surface area (Å²) in [6.07, 6.45) is -7.66. The minimum atomic E-state index is -4.89. The molecule has 0 heterocycles. The van der Waals surface area contributed by atoms with Gasteiger partial charge in [-0.15, -0.1) is 0 Å². The zero-order chi connectivity index (χ0) is 16.6. The molecule has 9 heteroatoms. The molecule has 0 aliphatic heterocycles. The van der Waals surface area contributed by atoms with Gasteiger partial charge in [0.05, 0.1) is 4.90 Å². The van der Waals surface area contributed by atoms with Crippen LogP contribution in [0.2, 0.25) is 0 Å². The summed E-state index contributed by atoms with van der Waals surface area (Å²) in [5.74, 6) is 0. The number of aliphatic hydroxyl groups is 1. The van der Waals surface area contributed by atoms with E-state index in [-0.39, 0.29) is 16.1 Å². The van der Waals surface area contributed by atoms with E-state index < -0.39 is 28.8 Å². The van der Waals surface area contributed by atoms with E-state index in [4.69, 9.17) is 10.8 Å². The summed E-state index contributed by atoms with van der Waals surface area (Å²) < 4.78 is 62.6. The molecule has 0 radical (unpaired) electrons. The zero-order valence-corrected chi connectivity index (χ0v) is 12.6. The van der Waals surface area contributed by atoms with Crippen molar-refractivity contribution in [1.82, 2.24) is 4.72 Å². The van der Waals surface area contributed by atoms with Gasteiger partial charge in [-0.2, -0.15) is 13.2 Å². The van der Waals surface area contributed by atoms with E-state index in [0.29, 0.717) is 11.1 Å². The molecule has 4 N–H and O–H groups in total. The van der Waals surface area contributed by atoms with Crippen molar-refractivity contribution >= 4 is 15.7 Å². The number of rotatable bonds is 4. The molecule has 120 valence electrons. The number of halogens is 3. The minimum absolute atomic E-state index is 0.167. The SMILES string of the molecule is Cc1cc(C)c(S(=O)(=O)NCC(O)C(F)(F)F)c(C)c1N. The monoisotopic (exact) mass is 326 g/mol. The average Bonchev–Trinajstić information content (AvgIpc) is 2.31.